The minimum atomic E-state index is -1.40. The number of nitrogens with two attached hydrogens (primary N) is 1. The third-order valence-corrected chi connectivity index (χ3v) is 3.23. The minimum absolute atomic E-state index is 0.159. The zero-order valence-electron chi connectivity index (χ0n) is 13.8. The summed E-state index contributed by atoms with van der Waals surface area (Å²) >= 11 is 0. The summed E-state index contributed by atoms with van der Waals surface area (Å²) in [6.45, 7) is 4.64. The summed E-state index contributed by atoms with van der Waals surface area (Å²) in [6, 6.07) is -0.615. The molecule has 0 fully saturated rings. The Hall–Kier alpha value is -1.80. The zero-order valence-corrected chi connectivity index (χ0v) is 13.8. The Balaban J connectivity index is 2.60. The van der Waals surface area contributed by atoms with Crippen LogP contribution in [0.5, 0.6) is 5.75 Å². The molecule has 136 valence electrons. The van der Waals surface area contributed by atoms with Gasteiger partial charge < -0.3 is 20.3 Å². The van der Waals surface area contributed by atoms with E-state index in [0.29, 0.717) is 6.07 Å². The van der Waals surface area contributed by atoms with Gasteiger partial charge >= 0.3 is 5.97 Å². The summed E-state index contributed by atoms with van der Waals surface area (Å²) in [7, 11) is 0. The second-order valence-corrected chi connectivity index (χ2v) is 5.93. The Kier molecular flexibility index (Phi) is 7.50. The summed E-state index contributed by atoms with van der Waals surface area (Å²) < 4.78 is 50.1. The summed E-state index contributed by atoms with van der Waals surface area (Å²) in [4.78, 5) is 11.5. The monoisotopic (exact) mass is 349 g/mol. The van der Waals surface area contributed by atoms with E-state index in [1.54, 1.807) is 0 Å². The molecule has 0 saturated carbocycles. The first-order valence-corrected chi connectivity index (χ1v) is 7.49. The molecule has 0 aliphatic rings. The van der Waals surface area contributed by atoms with Gasteiger partial charge in [-0.25, -0.2) is 8.78 Å². The molecule has 3 N–H and O–H groups in total. The molecule has 0 spiro atoms. The molecule has 0 aliphatic carbocycles. The van der Waals surface area contributed by atoms with Crippen molar-refractivity contribution in [2.24, 2.45) is 11.7 Å². The van der Waals surface area contributed by atoms with Crippen LogP contribution in [0.4, 0.5) is 13.2 Å². The highest BCUT2D eigenvalue weighted by atomic mass is 19.2. The molecule has 0 amide bonds. The molecule has 0 aromatic heterocycles. The summed E-state index contributed by atoms with van der Waals surface area (Å²) in [5.74, 6) is -4.79. The molecule has 5 nitrogen and oxygen atoms in total. The molecule has 24 heavy (non-hydrogen) atoms. The maximum Gasteiger partial charge on any atom is 0.307 e. The van der Waals surface area contributed by atoms with Crippen molar-refractivity contribution in [3.63, 3.8) is 0 Å². The smallest absolute Gasteiger partial charge is 0.307 e. The number of aliphatic hydroxyl groups is 1. The molecule has 0 saturated heterocycles. The second kappa shape index (κ2) is 8.89. The fourth-order valence-electron chi connectivity index (χ4n) is 1.78. The third kappa shape index (κ3) is 5.68. The van der Waals surface area contributed by atoms with Crippen molar-refractivity contribution in [1.82, 2.24) is 0 Å². The molecule has 0 bridgehead atoms. The van der Waals surface area contributed by atoms with Crippen molar-refractivity contribution < 1.29 is 32.5 Å². The number of rotatable bonds is 8. The number of ether oxygens (including phenoxy) is 2. The standard InChI is InChI=1S/C16H22F3NO4/c1-8(2)6-23-14(22)5-12(20)13(21)7-24-16-9(3)10(17)4-11(18)15(16)19/h4,8,12-13,21H,5-7,20H2,1-3H3/t12-,13?/m0/s1. The Morgan fingerprint density at radius 3 is 2.46 bits per heavy atom. The van der Waals surface area contributed by atoms with Crippen LogP contribution in [0, 0.1) is 30.3 Å². The highest BCUT2D eigenvalue weighted by molar-refractivity contribution is 5.70. The van der Waals surface area contributed by atoms with Crippen LogP contribution in [0.25, 0.3) is 0 Å². The molecular formula is C16H22F3NO4. The van der Waals surface area contributed by atoms with E-state index in [4.69, 9.17) is 15.2 Å². The first-order chi connectivity index (χ1) is 11.1. The van der Waals surface area contributed by atoms with Crippen LogP contribution >= 0.6 is 0 Å². The van der Waals surface area contributed by atoms with Gasteiger partial charge in [-0.3, -0.25) is 4.79 Å². The number of benzene rings is 1. The van der Waals surface area contributed by atoms with Crippen molar-refractivity contribution in [3.8, 4) is 5.75 Å². The predicted molar refractivity (Wildman–Crippen MR) is 80.9 cm³/mol. The van der Waals surface area contributed by atoms with Crippen LogP contribution in [0.1, 0.15) is 25.8 Å². The lowest BCUT2D eigenvalue weighted by Crippen LogP contribution is -2.41. The summed E-state index contributed by atoms with van der Waals surface area (Å²) in [5.41, 5.74) is 5.42. The van der Waals surface area contributed by atoms with Crippen molar-refractivity contribution >= 4 is 5.97 Å². The van der Waals surface area contributed by atoms with Crippen LogP contribution in [0.2, 0.25) is 0 Å². The van der Waals surface area contributed by atoms with Gasteiger partial charge in [0, 0.05) is 17.7 Å². The van der Waals surface area contributed by atoms with Gasteiger partial charge in [-0.2, -0.15) is 4.39 Å². The summed E-state index contributed by atoms with van der Waals surface area (Å²) in [5, 5.41) is 9.86. The Morgan fingerprint density at radius 1 is 1.25 bits per heavy atom. The SMILES string of the molecule is Cc1c(F)cc(F)c(F)c1OCC(O)[C@@H](N)CC(=O)OCC(C)C. The van der Waals surface area contributed by atoms with E-state index >= 15 is 0 Å². The molecule has 0 aliphatic heterocycles. The van der Waals surface area contributed by atoms with Gasteiger partial charge in [0.15, 0.2) is 11.6 Å². The highest BCUT2D eigenvalue weighted by Crippen LogP contribution is 2.27. The lowest BCUT2D eigenvalue weighted by atomic mass is 10.1. The molecule has 1 unspecified atom stereocenters. The minimum Gasteiger partial charge on any atom is -0.487 e. The van der Waals surface area contributed by atoms with Crippen LogP contribution in [0.15, 0.2) is 6.07 Å². The lowest BCUT2D eigenvalue weighted by molar-refractivity contribution is -0.145. The Bertz CT molecular complexity index is 555. The van der Waals surface area contributed by atoms with E-state index in [1.807, 2.05) is 13.8 Å². The largest absolute Gasteiger partial charge is 0.487 e. The molecule has 0 radical (unpaired) electrons. The molecule has 1 rings (SSSR count). The van der Waals surface area contributed by atoms with Gasteiger partial charge in [-0.05, 0) is 12.8 Å². The van der Waals surface area contributed by atoms with E-state index in [9.17, 15) is 23.1 Å². The Labute approximate surface area is 138 Å². The fraction of sp³-hybridized carbons (Fsp3) is 0.562. The molecule has 1 aromatic rings. The first-order valence-electron chi connectivity index (χ1n) is 7.49. The average Bonchev–Trinajstić information content (AvgIpc) is 2.50. The zero-order chi connectivity index (χ0) is 18.4. The van der Waals surface area contributed by atoms with Gasteiger partial charge in [0.1, 0.15) is 18.5 Å². The third-order valence-electron chi connectivity index (χ3n) is 3.23. The van der Waals surface area contributed by atoms with Gasteiger partial charge in [0.2, 0.25) is 5.82 Å². The van der Waals surface area contributed by atoms with Crippen molar-refractivity contribution in [1.29, 1.82) is 0 Å². The molecule has 8 heteroatoms. The van der Waals surface area contributed by atoms with Crippen LogP contribution in [-0.4, -0.2) is 36.4 Å². The van der Waals surface area contributed by atoms with Crippen molar-refractivity contribution in [2.75, 3.05) is 13.2 Å². The van der Waals surface area contributed by atoms with E-state index < -0.39 is 47.9 Å². The Morgan fingerprint density at radius 2 is 1.88 bits per heavy atom. The number of halogens is 3. The van der Waals surface area contributed by atoms with Crippen LogP contribution in [-0.2, 0) is 9.53 Å². The van der Waals surface area contributed by atoms with Gasteiger partial charge in [0.05, 0.1) is 13.0 Å². The first kappa shape index (κ1) is 20.2. The molecule has 0 heterocycles. The van der Waals surface area contributed by atoms with Crippen molar-refractivity contribution in [3.05, 3.63) is 29.1 Å². The van der Waals surface area contributed by atoms with E-state index in [0.717, 1.165) is 0 Å². The predicted octanol–water partition coefficient (Wildman–Crippen LogP) is 2.07. The average molecular weight is 349 g/mol. The normalized spacial score (nSPS) is 13.7. The molecular weight excluding hydrogens is 327 g/mol. The maximum atomic E-state index is 13.6. The lowest BCUT2D eigenvalue weighted by Gasteiger charge is -2.20. The van der Waals surface area contributed by atoms with Crippen molar-refractivity contribution in [2.45, 2.75) is 39.3 Å². The van der Waals surface area contributed by atoms with Gasteiger partial charge in [-0.1, -0.05) is 13.8 Å². The number of carbonyl (C=O) groups is 1. The number of esters is 1. The highest BCUT2D eigenvalue weighted by Gasteiger charge is 2.23. The quantitative estimate of drug-likeness (QED) is 0.555. The molecule has 2 atom stereocenters. The van der Waals surface area contributed by atoms with Crippen LogP contribution < -0.4 is 10.5 Å². The fourth-order valence-corrected chi connectivity index (χ4v) is 1.78. The van der Waals surface area contributed by atoms with E-state index in [-0.39, 0.29) is 24.5 Å². The summed E-state index contributed by atoms with van der Waals surface area (Å²) in [6.07, 6.45) is -1.61. The second-order valence-electron chi connectivity index (χ2n) is 5.93. The molecule has 1 aromatic carbocycles. The van der Waals surface area contributed by atoms with Gasteiger partial charge in [0.25, 0.3) is 0 Å². The van der Waals surface area contributed by atoms with Gasteiger partial charge in [-0.15, -0.1) is 0 Å². The topological polar surface area (TPSA) is 81.8 Å². The number of hydrogen-bond donors (Lipinski definition) is 2. The number of carbonyl (C=O) groups excluding carboxylic acids is 1. The van der Waals surface area contributed by atoms with E-state index in [2.05, 4.69) is 0 Å². The number of aliphatic hydroxyl groups excluding tert-OH is 1. The van der Waals surface area contributed by atoms with Crippen LogP contribution in [0.3, 0.4) is 0 Å². The maximum absolute atomic E-state index is 13.6. The number of hydrogen-bond acceptors (Lipinski definition) is 5. The van der Waals surface area contributed by atoms with E-state index in [1.165, 1.54) is 6.92 Å².